The zero-order chi connectivity index (χ0) is 11.7. The van der Waals surface area contributed by atoms with E-state index in [1.54, 1.807) is 6.07 Å². The van der Waals surface area contributed by atoms with Gasteiger partial charge in [0, 0.05) is 19.0 Å². The van der Waals surface area contributed by atoms with Crippen LogP contribution in [0.1, 0.15) is 19.0 Å². The Morgan fingerprint density at radius 2 is 2.50 bits per heavy atom. The summed E-state index contributed by atoms with van der Waals surface area (Å²) in [7, 11) is 0. The zero-order valence-electron chi connectivity index (χ0n) is 8.84. The molecular weight excluding hydrogens is 212 g/mol. The number of amides is 1. The van der Waals surface area contributed by atoms with Crippen molar-refractivity contribution in [2.24, 2.45) is 5.92 Å². The van der Waals surface area contributed by atoms with Crippen LogP contribution in [0, 0.1) is 5.92 Å². The highest BCUT2D eigenvalue weighted by molar-refractivity contribution is 5.98. The quantitative estimate of drug-likeness (QED) is 0.815. The molecule has 1 aliphatic rings. The molecule has 0 bridgehead atoms. The van der Waals surface area contributed by atoms with E-state index in [1.165, 1.54) is 4.90 Å². The first-order valence-electron chi connectivity index (χ1n) is 5.10. The SMILES string of the molecule is CCc1cc(N2CC(C(=O)O)CC2=O)on1. The second kappa shape index (κ2) is 3.96. The van der Waals surface area contributed by atoms with Crippen LogP contribution in [0.2, 0.25) is 0 Å². The van der Waals surface area contributed by atoms with Crippen molar-refractivity contribution in [3.8, 4) is 0 Å². The van der Waals surface area contributed by atoms with Crippen molar-refractivity contribution < 1.29 is 19.2 Å². The summed E-state index contributed by atoms with van der Waals surface area (Å²) in [6.07, 6.45) is 0.741. The maximum Gasteiger partial charge on any atom is 0.308 e. The molecule has 16 heavy (non-hydrogen) atoms. The number of rotatable bonds is 3. The molecule has 0 aromatic carbocycles. The number of aromatic nitrogens is 1. The van der Waals surface area contributed by atoms with E-state index in [2.05, 4.69) is 5.16 Å². The van der Waals surface area contributed by atoms with Crippen LogP contribution in [-0.2, 0) is 16.0 Å². The molecule has 86 valence electrons. The number of carboxylic acids is 1. The Bertz CT molecular complexity index is 426. The van der Waals surface area contributed by atoms with Gasteiger partial charge in [0.15, 0.2) is 0 Å². The average Bonchev–Trinajstić information content (AvgIpc) is 2.83. The lowest BCUT2D eigenvalue weighted by Gasteiger charge is -2.10. The van der Waals surface area contributed by atoms with Crippen molar-refractivity contribution in [3.05, 3.63) is 11.8 Å². The molecule has 1 amide bonds. The summed E-state index contributed by atoms with van der Waals surface area (Å²) in [6, 6.07) is 1.67. The molecule has 6 heteroatoms. The summed E-state index contributed by atoms with van der Waals surface area (Å²) in [5, 5.41) is 12.6. The molecular formula is C10H12N2O4. The predicted octanol–water partition coefficient (Wildman–Crippen LogP) is 0.675. The minimum Gasteiger partial charge on any atom is -0.481 e. The van der Waals surface area contributed by atoms with Gasteiger partial charge in [-0.3, -0.25) is 14.5 Å². The molecule has 1 aromatic heterocycles. The molecule has 1 unspecified atom stereocenters. The van der Waals surface area contributed by atoms with Gasteiger partial charge in [0.05, 0.1) is 11.6 Å². The van der Waals surface area contributed by atoms with Gasteiger partial charge in [-0.2, -0.15) is 0 Å². The van der Waals surface area contributed by atoms with Gasteiger partial charge in [-0.1, -0.05) is 12.1 Å². The predicted molar refractivity (Wildman–Crippen MR) is 54.0 cm³/mol. The minimum atomic E-state index is -0.953. The lowest BCUT2D eigenvalue weighted by Crippen LogP contribution is -2.25. The Morgan fingerprint density at radius 3 is 3.00 bits per heavy atom. The number of carbonyl (C=O) groups is 2. The highest BCUT2D eigenvalue weighted by atomic mass is 16.5. The third kappa shape index (κ3) is 1.78. The zero-order valence-corrected chi connectivity index (χ0v) is 8.84. The Kier molecular flexibility index (Phi) is 2.64. The Morgan fingerprint density at radius 1 is 1.75 bits per heavy atom. The smallest absolute Gasteiger partial charge is 0.308 e. The van der Waals surface area contributed by atoms with Crippen LogP contribution in [0.4, 0.5) is 5.88 Å². The van der Waals surface area contributed by atoms with E-state index < -0.39 is 11.9 Å². The monoisotopic (exact) mass is 224 g/mol. The molecule has 1 aromatic rings. The number of nitrogens with zero attached hydrogens (tertiary/aromatic N) is 2. The molecule has 1 aliphatic heterocycles. The van der Waals surface area contributed by atoms with E-state index in [0.29, 0.717) is 12.3 Å². The summed E-state index contributed by atoms with van der Waals surface area (Å²) in [6.45, 7) is 2.08. The number of carbonyl (C=O) groups excluding carboxylic acids is 1. The van der Waals surface area contributed by atoms with Gasteiger partial charge in [-0.25, -0.2) is 0 Å². The van der Waals surface area contributed by atoms with Gasteiger partial charge < -0.3 is 9.63 Å². The number of hydrogen-bond acceptors (Lipinski definition) is 4. The van der Waals surface area contributed by atoms with Crippen LogP contribution in [0.3, 0.4) is 0 Å². The fourth-order valence-corrected chi connectivity index (χ4v) is 1.68. The van der Waals surface area contributed by atoms with Crippen molar-refractivity contribution in [2.45, 2.75) is 19.8 Å². The van der Waals surface area contributed by atoms with Crippen molar-refractivity contribution in [3.63, 3.8) is 0 Å². The molecule has 0 radical (unpaired) electrons. The lowest BCUT2D eigenvalue weighted by molar-refractivity contribution is -0.141. The maximum atomic E-state index is 11.6. The van der Waals surface area contributed by atoms with E-state index in [9.17, 15) is 9.59 Å². The molecule has 2 rings (SSSR count). The minimum absolute atomic E-state index is 0.0253. The van der Waals surface area contributed by atoms with E-state index in [-0.39, 0.29) is 18.9 Å². The number of anilines is 1. The summed E-state index contributed by atoms with van der Waals surface area (Å²) in [5.41, 5.74) is 0.751. The molecule has 1 N–H and O–H groups in total. The average molecular weight is 224 g/mol. The second-order valence-corrected chi connectivity index (χ2v) is 3.75. The lowest BCUT2D eigenvalue weighted by atomic mass is 10.1. The number of aliphatic carboxylic acids is 1. The molecule has 0 saturated carbocycles. The normalized spacial score (nSPS) is 20.4. The summed E-state index contributed by atoms with van der Waals surface area (Å²) in [4.78, 5) is 23.7. The summed E-state index contributed by atoms with van der Waals surface area (Å²) < 4.78 is 5.00. The van der Waals surface area contributed by atoms with Gasteiger partial charge in [0.1, 0.15) is 0 Å². The standard InChI is InChI=1S/C10H12N2O4/c1-2-7-4-9(16-11-7)12-5-6(10(14)15)3-8(12)13/h4,6H,2-3,5H2,1H3,(H,14,15). The van der Waals surface area contributed by atoms with E-state index in [4.69, 9.17) is 9.63 Å². The first kappa shape index (κ1) is 10.7. The van der Waals surface area contributed by atoms with Gasteiger partial charge in [-0.05, 0) is 6.42 Å². The van der Waals surface area contributed by atoms with Crippen molar-refractivity contribution >= 4 is 17.8 Å². The number of carboxylic acid groups (broad SMARTS) is 1. The fraction of sp³-hybridized carbons (Fsp3) is 0.500. The van der Waals surface area contributed by atoms with Gasteiger partial charge in [-0.15, -0.1) is 0 Å². The van der Waals surface area contributed by atoms with E-state index >= 15 is 0 Å². The van der Waals surface area contributed by atoms with Crippen LogP contribution in [0.5, 0.6) is 0 Å². The molecule has 1 saturated heterocycles. The van der Waals surface area contributed by atoms with Crippen molar-refractivity contribution in [1.82, 2.24) is 5.16 Å². The van der Waals surface area contributed by atoms with Crippen molar-refractivity contribution in [1.29, 1.82) is 0 Å². The van der Waals surface area contributed by atoms with Crippen LogP contribution in [0.25, 0.3) is 0 Å². The molecule has 1 fully saturated rings. The van der Waals surface area contributed by atoms with Crippen LogP contribution in [-0.4, -0.2) is 28.7 Å². The molecule has 6 nitrogen and oxygen atoms in total. The molecule has 1 atom stereocenters. The highest BCUT2D eigenvalue weighted by Crippen LogP contribution is 2.25. The summed E-state index contributed by atoms with van der Waals surface area (Å²) in [5.74, 6) is -1.49. The molecule has 2 heterocycles. The maximum absolute atomic E-state index is 11.6. The molecule has 0 spiro atoms. The Labute approximate surface area is 91.8 Å². The second-order valence-electron chi connectivity index (χ2n) is 3.75. The van der Waals surface area contributed by atoms with Gasteiger partial charge in [0.2, 0.25) is 11.8 Å². The van der Waals surface area contributed by atoms with Crippen molar-refractivity contribution in [2.75, 3.05) is 11.4 Å². The van der Waals surface area contributed by atoms with E-state index in [1.807, 2.05) is 6.92 Å². The van der Waals surface area contributed by atoms with Gasteiger partial charge in [0.25, 0.3) is 0 Å². The Balaban J connectivity index is 2.16. The van der Waals surface area contributed by atoms with Crippen LogP contribution in [0.15, 0.2) is 10.6 Å². The van der Waals surface area contributed by atoms with Gasteiger partial charge >= 0.3 is 5.97 Å². The molecule has 0 aliphatic carbocycles. The summed E-state index contributed by atoms with van der Waals surface area (Å²) >= 11 is 0. The number of hydrogen-bond donors (Lipinski definition) is 1. The fourth-order valence-electron chi connectivity index (χ4n) is 1.68. The van der Waals surface area contributed by atoms with Crippen LogP contribution >= 0.6 is 0 Å². The topological polar surface area (TPSA) is 83.6 Å². The third-order valence-electron chi connectivity index (χ3n) is 2.65. The third-order valence-corrected chi connectivity index (χ3v) is 2.65. The first-order valence-corrected chi connectivity index (χ1v) is 5.10. The largest absolute Gasteiger partial charge is 0.481 e. The van der Waals surface area contributed by atoms with Crippen LogP contribution < -0.4 is 4.90 Å². The Hall–Kier alpha value is -1.85. The first-order chi connectivity index (χ1) is 7.61. The highest BCUT2D eigenvalue weighted by Gasteiger charge is 2.36. The van der Waals surface area contributed by atoms with E-state index in [0.717, 1.165) is 5.69 Å². The number of aryl methyl sites for hydroxylation is 1.